The highest BCUT2D eigenvalue weighted by Crippen LogP contribution is 2.24. The van der Waals surface area contributed by atoms with Gasteiger partial charge in [-0.1, -0.05) is 42.0 Å². The molecule has 0 radical (unpaired) electrons. The lowest BCUT2D eigenvalue weighted by Gasteiger charge is -2.10. The standard InChI is InChI=1S/C14H14BFO2/c1-9-4-3-5-11(6-9)13-8-12(15(17)18)7-10(2)14(13)16/h3-8,17-18H,1-2H3. The lowest BCUT2D eigenvalue weighted by Crippen LogP contribution is -2.30. The van der Waals surface area contributed by atoms with Crippen molar-refractivity contribution in [3.8, 4) is 11.1 Å². The van der Waals surface area contributed by atoms with E-state index in [1.54, 1.807) is 13.0 Å². The minimum atomic E-state index is -1.59. The summed E-state index contributed by atoms with van der Waals surface area (Å²) in [5, 5.41) is 18.4. The van der Waals surface area contributed by atoms with Crippen molar-refractivity contribution in [3.05, 3.63) is 53.3 Å². The second-order valence-electron chi connectivity index (χ2n) is 4.44. The van der Waals surface area contributed by atoms with Gasteiger partial charge in [-0.05, 0) is 30.4 Å². The van der Waals surface area contributed by atoms with Crippen LogP contribution in [0.25, 0.3) is 11.1 Å². The van der Waals surface area contributed by atoms with Crippen LogP contribution in [-0.4, -0.2) is 17.2 Å². The molecule has 0 aliphatic heterocycles. The number of hydrogen-bond donors (Lipinski definition) is 2. The lowest BCUT2D eigenvalue weighted by molar-refractivity contribution is 0.425. The fourth-order valence-corrected chi connectivity index (χ4v) is 1.97. The van der Waals surface area contributed by atoms with Crippen LogP contribution in [0.2, 0.25) is 0 Å². The lowest BCUT2D eigenvalue weighted by atomic mass is 9.78. The average Bonchev–Trinajstić information content (AvgIpc) is 2.32. The minimum Gasteiger partial charge on any atom is -0.423 e. The molecule has 0 aromatic heterocycles. The number of hydrogen-bond acceptors (Lipinski definition) is 2. The smallest absolute Gasteiger partial charge is 0.423 e. The second-order valence-corrected chi connectivity index (χ2v) is 4.44. The molecule has 0 heterocycles. The zero-order chi connectivity index (χ0) is 13.3. The predicted molar refractivity (Wildman–Crippen MR) is 71.1 cm³/mol. The Morgan fingerprint density at radius 1 is 1.06 bits per heavy atom. The van der Waals surface area contributed by atoms with Gasteiger partial charge >= 0.3 is 7.12 Å². The molecule has 0 spiro atoms. The largest absolute Gasteiger partial charge is 0.488 e. The Morgan fingerprint density at radius 3 is 2.39 bits per heavy atom. The van der Waals surface area contributed by atoms with E-state index < -0.39 is 7.12 Å². The SMILES string of the molecule is Cc1cccc(-c2cc(B(O)O)cc(C)c2F)c1. The van der Waals surface area contributed by atoms with Gasteiger partial charge in [-0.2, -0.15) is 0 Å². The minimum absolute atomic E-state index is 0.297. The molecule has 2 rings (SSSR count). The number of aryl methyl sites for hydroxylation is 2. The van der Waals surface area contributed by atoms with Crippen molar-refractivity contribution >= 4 is 12.6 Å². The molecule has 0 atom stereocenters. The highest BCUT2D eigenvalue weighted by molar-refractivity contribution is 6.58. The molecule has 4 heteroatoms. The van der Waals surface area contributed by atoms with Gasteiger partial charge in [0, 0.05) is 5.56 Å². The van der Waals surface area contributed by atoms with Crippen molar-refractivity contribution < 1.29 is 14.4 Å². The normalized spacial score (nSPS) is 10.5. The maximum absolute atomic E-state index is 14.1. The maximum Gasteiger partial charge on any atom is 0.488 e. The van der Waals surface area contributed by atoms with Gasteiger partial charge in [-0.15, -0.1) is 0 Å². The number of halogens is 1. The quantitative estimate of drug-likeness (QED) is 0.790. The van der Waals surface area contributed by atoms with E-state index in [0.29, 0.717) is 16.6 Å². The summed E-state index contributed by atoms with van der Waals surface area (Å²) >= 11 is 0. The molecule has 2 nitrogen and oxygen atoms in total. The summed E-state index contributed by atoms with van der Waals surface area (Å²) in [4.78, 5) is 0. The van der Waals surface area contributed by atoms with E-state index in [2.05, 4.69) is 0 Å². The van der Waals surface area contributed by atoms with Gasteiger partial charge < -0.3 is 10.0 Å². The van der Waals surface area contributed by atoms with E-state index in [-0.39, 0.29) is 5.82 Å². The van der Waals surface area contributed by atoms with E-state index in [1.807, 2.05) is 25.1 Å². The highest BCUT2D eigenvalue weighted by atomic mass is 19.1. The van der Waals surface area contributed by atoms with E-state index in [0.717, 1.165) is 11.1 Å². The van der Waals surface area contributed by atoms with E-state index >= 15 is 0 Å². The molecule has 18 heavy (non-hydrogen) atoms. The van der Waals surface area contributed by atoms with Gasteiger partial charge in [-0.25, -0.2) is 4.39 Å². The molecule has 0 aliphatic carbocycles. The Bertz CT molecular complexity index is 582. The van der Waals surface area contributed by atoms with Crippen LogP contribution in [0.1, 0.15) is 11.1 Å². The van der Waals surface area contributed by atoms with Crippen LogP contribution in [0.15, 0.2) is 36.4 Å². The molecule has 2 N–H and O–H groups in total. The summed E-state index contributed by atoms with van der Waals surface area (Å²) in [7, 11) is -1.59. The Hall–Kier alpha value is -1.65. The van der Waals surface area contributed by atoms with Gasteiger partial charge in [0.15, 0.2) is 0 Å². The van der Waals surface area contributed by atoms with E-state index in [1.165, 1.54) is 12.1 Å². The first kappa shape index (κ1) is 12.8. The van der Waals surface area contributed by atoms with Crippen molar-refractivity contribution in [2.45, 2.75) is 13.8 Å². The molecule has 0 saturated heterocycles. The predicted octanol–water partition coefficient (Wildman–Crippen LogP) is 1.79. The van der Waals surface area contributed by atoms with Crippen molar-refractivity contribution in [2.75, 3.05) is 0 Å². The average molecular weight is 244 g/mol. The van der Waals surface area contributed by atoms with E-state index in [4.69, 9.17) is 0 Å². The molecule has 0 saturated carbocycles. The number of rotatable bonds is 2. The molecular weight excluding hydrogens is 230 g/mol. The van der Waals surface area contributed by atoms with Crippen molar-refractivity contribution in [2.24, 2.45) is 0 Å². The molecular formula is C14H14BFO2. The Balaban J connectivity index is 2.63. The van der Waals surface area contributed by atoms with Crippen LogP contribution < -0.4 is 5.46 Å². The number of benzene rings is 2. The molecule has 0 amide bonds. The van der Waals surface area contributed by atoms with Crippen molar-refractivity contribution in [1.29, 1.82) is 0 Å². The zero-order valence-electron chi connectivity index (χ0n) is 10.3. The summed E-state index contributed by atoms with van der Waals surface area (Å²) in [5.41, 5.74) is 2.85. The van der Waals surface area contributed by atoms with Crippen molar-refractivity contribution in [3.63, 3.8) is 0 Å². The first-order chi connectivity index (χ1) is 8.49. The van der Waals surface area contributed by atoms with Crippen LogP contribution in [0.5, 0.6) is 0 Å². The Labute approximate surface area is 106 Å². The topological polar surface area (TPSA) is 40.5 Å². The molecule has 0 aliphatic rings. The van der Waals surface area contributed by atoms with Gasteiger partial charge in [0.2, 0.25) is 0 Å². The third-order valence-corrected chi connectivity index (χ3v) is 2.90. The maximum atomic E-state index is 14.1. The van der Waals surface area contributed by atoms with Gasteiger partial charge in [0.05, 0.1) is 0 Å². The van der Waals surface area contributed by atoms with Crippen LogP contribution in [0.4, 0.5) is 4.39 Å². The Morgan fingerprint density at radius 2 is 1.78 bits per heavy atom. The van der Waals surface area contributed by atoms with Crippen LogP contribution in [0, 0.1) is 19.7 Å². The molecule has 92 valence electrons. The van der Waals surface area contributed by atoms with Gasteiger partial charge in [0.1, 0.15) is 5.82 Å². The van der Waals surface area contributed by atoms with Crippen LogP contribution >= 0.6 is 0 Å². The summed E-state index contributed by atoms with van der Waals surface area (Å²) in [6.07, 6.45) is 0. The zero-order valence-corrected chi connectivity index (χ0v) is 10.3. The third kappa shape index (κ3) is 2.45. The van der Waals surface area contributed by atoms with Crippen molar-refractivity contribution in [1.82, 2.24) is 0 Å². The molecule has 2 aromatic rings. The highest BCUT2D eigenvalue weighted by Gasteiger charge is 2.16. The third-order valence-electron chi connectivity index (χ3n) is 2.90. The summed E-state index contributed by atoms with van der Waals surface area (Å²) in [6, 6.07) is 10.4. The van der Waals surface area contributed by atoms with Gasteiger partial charge in [-0.3, -0.25) is 0 Å². The van der Waals surface area contributed by atoms with Crippen LogP contribution in [0.3, 0.4) is 0 Å². The van der Waals surface area contributed by atoms with Gasteiger partial charge in [0.25, 0.3) is 0 Å². The fraction of sp³-hybridized carbons (Fsp3) is 0.143. The first-order valence-corrected chi connectivity index (χ1v) is 5.72. The monoisotopic (exact) mass is 244 g/mol. The molecule has 0 bridgehead atoms. The Kier molecular flexibility index (Phi) is 3.50. The summed E-state index contributed by atoms with van der Waals surface area (Å²) in [6.45, 7) is 3.54. The first-order valence-electron chi connectivity index (χ1n) is 5.72. The van der Waals surface area contributed by atoms with E-state index in [9.17, 15) is 14.4 Å². The second kappa shape index (κ2) is 4.92. The molecule has 0 unspecified atom stereocenters. The molecule has 0 fully saturated rings. The summed E-state index contributed by atoms with van der Waals surface area (Å²) in [5.74, 6) is -0.329. The fourth-order valence-electron chi connectivity index (χ4n) is 1.97. The molecule has 2 aromatic carbocycles. The van der Waals surface area contributed by atoms with Crippen LogP contribution in [-0.2, 0) is 0 Å². The summed E-state index contributed by atoms with van der Waals surface area (Å²) < 4.78 is 14.1.